The van der Waals surface area contributed by atoms with Gasteiger partial charge in [-0.15, -0.1) is 0 Å². The molecule has 0 amide bonds. The lowest BCUT2D eigenvalue weighted by Gasteiger charge is -2.27. The minimum Gasteiger partial charge on any atom is -0.310 e. The van der Waals surface area contributed by atoms with E-state index in [0.717, 1.165) is 17.1 Å². The third-order valence-corrected chi connectivity index (χ3v) is 12.0. The average molecular weight is 776 g/mol. The number of anilines is 3. The summed E-state index contributed by atoms with van der Waals surface area (Å²) >= 11 is 0. The highest BCUT2D eigenvalue weighted by Crippen LogP contribution is 2.43. The summed E-state index contributed by atoms with van der Waals surface area (Å²) in [5, 5.41) is 7.46. The van der Waals surface area contributed by atoms with E-state index in [4.69, 9.17) is 0 Å². The fourth-order valence-corrected chi connectivity index (χ4v) is 8.99. The fourth-order valence-electron chi connectivity index (χ4n) is 8.99. The van der Waals surface area contributed by atoms with Crippen molar-refractivity contribution >= 4 is 49.4 Å². The van der Waals surface area contributed by atoms with Gasteiger partial charge in [-0.05, 0) is 136 Å². The van der Waals surface area contributed by atoms with Crippen LogP contribution in [0.5, 0.6) is 0 Å². The fraction of sp³-hybridized carbons (Fsp3) is 0. The summed E-state index contributed by atoms with van der Waals surface area (Å²) in [5.74, 6) is 0. The number of benzene rings is 11. The quantitative estimate of drug-likeness (QED) is 0.139. The van der Waals surface area contributed by atoms with Crippen LogP contribution in [0.4, 0.5) is 17.1 Å². The first-order chi connectivity index (χ1) is 30.2. The highest BCUT2D eigenvalue weighted by atomic mass is 15.1. The van der Waals surface area contributed by atoms with Crippen LogP contribution in [0, 0.1) is 0 Å². The molecule has 0 aromatic heterocycles. The maximum Gasteiger partial charge on any atom is 0.0468 e. The summed E-state index contributed by atoms with van der Waals surface area (Å²) < 4.78 is 0. The van der Waals surface area contributed by atoms with Gasteiger partial charge in [0.05, 0.1) is 0 Å². The van der Waals surface area contributed by atoms with Crippen LogP contribution in [-0.2, 0) is 0 Å². The van der Waals surface area contributed by atoms with Crippen molar-refractivity contribution in [3.63, 3.8) is 0 Å². The molecular formula is C60H41N. The lowest BCUT2D eigenvalue weighted by molar-refractivity contribution is 1.29. The molecule has 11 aromatic rings. The Morgan fingerprint density at radius 2 is 0.656 bits per heavy atom. The van der Waals surface area contributed by atoms with Crippen molar-refractivity contribution in [3.05, 3.63) is 249 Å². The molecule has 0 saturated carbocycles. The molecule has 11 aromatic carbocycles. The number of hydrogen-bond acceptors (Lipinski definition) is 1. The van der Waals surface area contributed by atoms with Gasteiger partial charge in [-0.25, -0.2) is 0 Å². The van der Waals surface area contributed by atoms with Crippen LogP contribution in [0.3, 0.4) is 0 Å². The summed E-state index contributed by atoms with van der Waals surface area (Å²) in [7, 11) is 0. The van der Waals surface area contributed by atoms with Crippen LogP contribution in [0.15, 0.2) is 249 Å². The molecule has 286 valence electrons. The highest BCUT2D eigenvalue weighted by Gasteiger charge is 2.18. The normalized spacial score (nSPS) is 11.3. The van der Waals surface area contributed by atoms with Crippen LogP contribution < -0.4 is 4.90 Å². The zero-order chi connectivity index (χ0) is 40.5. The predicted molar refractivity (Wildman–Crippen MR) is 261 cm³/mol. The average Bonchev–Trinajstić information content (AvgIpc) is 3.34. The number of nitrogens with zero attached hydrogens (tertiary/aromatic N) is 1. The molecule has 11 rings (SSSR count). The van der Waals surface area contributed by atoms with Gasteiger partial charge in [0.2, 0.25) is 0 Å². The second-order valence-electron chi connectivity index (χ2n) is 15.7. The van der Waals surface area contributed by atoms with Crippen LogP contribution in [0.25, 0.3) is 88.0 Å². The minimum absolute atomic E-state index is 1.09. The van der Waals surface area contributed by atoms with Gasteiger partial charge in [0.1, 0.15) is 0 Å². The van der Waals surface area contributed by atoms with Crippen molar-refractivity contribution in [1.29, 1.82) is 0 Å². The molecular weight excluding hydrogens is 735 g/mol. The summed E-state index contributed by atoms with van der Waals surface area (Å²) in [6.45, 7) is 0. The lowest BCUT2D eigenvalue weighted by Crippen LogP contribution is -2.10. The smallest absolute Gasteiger partial charge is 0.0468 e. The van der Waals surface area contributed by atoms with Crippen molar-refractivity contribution in [1.82, 2.24) is 0 Å². The Kier molecular flexibility index (Phi) is 9.26. The second-order valence-corrected chi connectivity index (χ2v) is 15.7. The molecule has 0 aliphatic rings. The van der Waals surface area contributed by atoms with Crippen LogP contribution in [0.1, 0.15) is 0 Å². The Balaban J connectivity index is 1.03. The zero-order valence-electron chi connectivity index (χ0n) is 33.6. The first kappa shape index (κ1) is 36.1. The largest absolute Gasteiger partial charge is 0.310 e. The van der Waals surface area contributed by atoms with Crippen molar-refractivity contribution in [2.45, 2.75) is 0 Å². The molecule has 0 aliphatic heterocycles. The van der Waals surface area contributed by atoms with Gasteiger partial charge in [-0.3, -0.25) is 0 Å². The lowest BCUT2D eigenvalue weighted by atomic mass is 9.92. The molecule has 0 spiro atoms. The van der Waals surface area contributed by atoms with Crippen LogP contribution >= 0.6 is 0 Å². The van der Waals surface area contributed by atoms with Gasteiger partial charge < -0.3 is 4.90 Å². The molecule has 0 fully saturated rings. The van der Waals surface area contributed by atoms with E-state index in [9.17, 15) is 0 Å². The maximum absolute atomic E-state index is 2.41. The summed E-state index contributed by atoms with van der Waals surface area (Å²) in [6, 6.07) is 90.5. The molecule has 0 heterocycles. The monoisotopic (exact) mass is 775 g/mol. The van der Waals surface area contributed by atoms with Crippen molar-refractivity contribution < 1.29 is 0 Å². The summed E-state index contributed by atoms with van der Waals surface area (Å²) in [6.07, 6.45) is 0. The molecule has 0 radical (unpaired) electrons. The van der Waals surface area contributed by atoms with E-state index >= 15 is 0 Å². The van der Waals surface area contributed by atoms with E-state index in [1.54, 1.807) is 0 Å². The second kappa shape index (κ2) is 15.6. The van der Waals surface area contributed by atoms with Crippen molar-refractivity contribution in [3.8, 4) is 55.6 Å². The van der Waals surface area contributed by atoms with Gasteiger partial charge in [0.15, 0.2) is 0 Å². The Labute approximate surface area is 357 Å². The molecule has 0 aliphatic carbocycles. The molecule has 1 heteroatoms. The van der Waals surface area contributed by atoms with E-state index < -0.39 is 0 Å². The Hall–Kier alpha value is -8.00. The number of fused-ring (bicyclic) bond motifs is 4. The third-order valence-electron chi connectivity index (χ3n) is 12.0. The van der Waals surface area contributed by atoms with Gasteiger partial charge in [-0.1, -0.05) is 200 Å². The van der Waals surface area contributed by atoms with E-state index in [1.165, 1.54) is 88.0 Å². The first-order valence-electron chi connectivity index (χ1n) is 21.0. The highest BCUT2D eigenvalue weighted by molar-refractivity contribution is 6.09. The molecule has 0 saturated heterocycles. The Morgan fingerprint density at radius 3 is 1.43 bits per heavy atom. The summed E-state index contributed by atoms with van der Waals surface area (Å²) in [5.41, 5.74) is 15.3. The molecule has 1 nitrogen and oxygen atoms in total. The van der Waals surface area contributed by atoms with Gasteiger partial charge >= 0.3 is 0 Å². The van der Waals surface area contributed by atoms with Gasteiger partial charge in [0.25, 0.3) is 0 Å². The van der Waals surface area contributed by atoms with Crippen molar-refractivity contribution in [2.75, 3.05) is 4.90 Å². The Bertz CT molecular complexity index is 3350. The van der Waals surface area contributed by atoms with Crippen LogP contribution in [0.2, 0.25) is 0 Å². The molecule has 61 heavy (non-hydrogen) atoms. The standard InChI is InChI=1S/C60H41N/c1-3-15-43(16-4-1)58-37-36-54(41-59(58)44-17-5-2-6-18-44)61(53-35-32-47-28-27-45-19-9-10-24-56(45)60(47)40-53)52-33-30-46(31-34-52)55-23-11-12-25-57(55)51-22-13-21-49(39-51)50-29-26-42-14-7-8-20-48(42)38-50/h1-41H. The molecule has 0 atom stereocenters. The van der Waals surface area contributed by atoms with E-state index in [2.05, 4.69) is 254 Å². The topological polar surface area (TPSA) is 3.24 Å². The predicted octanol–water partition coefficient (Wildman–Crippen LogP) is 17.0. The van der Waals surface area contributed by atoms with Crippen LogP contribution in [-0.4, -0.2) is 0 Å². The number of rotatable bonds is 8. The van der Waals surface area contributed by atoms with E-state index in [-0.39, 0.29) is 0 Å². The van der Waals surface area contributed by atoms with Gasteiger partial charge in [-0.2, -0.15) is 0 Å². The van der Waals surface area contributed by atoms with E-state index in [0.29, 0.717) is 0 Å². The minimum atomic E-state index is 1.09. The molecule has 0 N–H and O–H groups in total. The van der Waals surface area contributed by atoms with E-state index in [1.807, 2.05) is 0 Å². The number of hydrogen-bond donors (Lipinski definition) is 0. The SMILES string of the molecule is c1ccc(-c2ccc(N(c3ccc(-c4ccccc4-c4cccc(-c5ccc6ccccc6c5)c4)cc3)c3ccc4ccc5ccccc5c4c3)cc2-c2ccccc2)cc1. The maximum atomic E-state index is 2.41. The summed E-state index contributed by atoms with van der Waals surface area (Å²) in [4.78, 5) is 2.41. The zero-order valence-corrected chi connectivity index (χ0v) is 33.6. The van der Waals surface area contributed by atoms with Crippen molar-refractivity contribution in [2.24, 2.45) is 0 Å². The first-order valence-corrected chi connectivity index (χ1v) is 21.0. The molecule has 0 bridgehead atoms. The molecule has 0 unspecified atom stereocenters. The third kappa shape index (κ3) is 6.93. The van der Waals surface area contributed by atoms with Gasteiger partial charge in [0, 0.05) is 17.1 Å². The Morgan fingerprint density at radius 1 is 0.197 bits per heavy atom.